The third kappa shape index (κ3) is 12.9. The fourth-order valence-electron chi connectivity index (χ4n) is 12.6. The molecular formula is C86H100N6O2. The SMILES string of the molecule is [2H]c1cc(-c2cc(-c3cc([2H])cc(-c4cccc5c4nc(-c4cc(C(C)(C)C)cc(C(C)(C)C)c4O)n5-c4cc(C(C)(C)C)cc(C(C)(C)C)c4)c3)ncn2)cc(-c2cccc3c2nc(-c2cc(C(C)(C)C)cc(C(C)(C)C)c2O)n3-c2cc(C(C)(C)C)cc(C(C)(C)C)c2)c1. The number of fused-ring (bicyclic) bond motifs is 2. The van der Waals surface area contributed by atoms with Crippen molar-refractivity contribution >= 4 is 22.1 Å². The van der Waals surface area contributed by atoms with Crippen LogP contribution in [0.1, 0.15) is 213 Å². The molecule has 2 N–H and O–H groups in total. The van der Waals surface area contributed by atoms with E-state index < -0.39 is 0 Å². The van der Waals surface area contributed by atoms with Gasteiger partial charge in [0.25, 0.3) is 0 Å². The maximum atomic E-state index is 12.7. The van der Waals surface area contributed by atoms with E-state index in [1.54, 1.807) is 6.33 Å². The average Bonchev–Trinajstić information content (AvgIpc) is 1.55. The van der Waals surface area contributed by atoms with Crippen LogP contribution in [0.25, 0.3) is 101 Å². The predicted molar refractivity (Wildman–Crippen MR) is 397 cm³/mol. The van der Waals surface area contributed by atoms with Gasteiger partial charge in [-0.3, -0.25) is 9.13 Å². The lowest BCUT2D eigenvalue weighted by Crippen LogP contribution is -2.18. The lowest BCUT2D eigenvalue weighted by Gasteiger charge is -2.28. The van der Waals surface area contributed by atoms with Crippen LogP contribution in [0.15, 0.2) is 158 Å². The molecule has 94 heavy (non-hydrogen) atoms. The van der Waals surface area contributed by atoms with Gasteiger partial charge in [0.05, 0.1) is 47.3 Å². The first-order valence-electron chi connectivity index (χ1n) is 34.4. The Bertz CT molecular complexity index is 4520. The van der Waals surface area contributed by atoms with E-state index >= 15 is 0 Å². The molecule has 3 heterocycles. The van der Waals surface area contributed by atoms with Crippen LogP contribution in [-0.2, 0) is 43.3 Å². The van der Waals surface area contributed by atoms with E-state index in [9.17, 15) is 13.0 Å². The fraction of sp³-hybridized carbons (Fsp3) is 0.372. The summed E-state index contributed by atoms with van der Waals surface area (Å²) in [6.07, 6.45) is 1.56. The molecule has 0 unspecified atom stereocenters. The molecule has 0 saturated heterocycles. The van der Waals surface area contributed by atoms with Gasteiger partial charge < -0.3 is 10.2 Å². The van der Waals surface area contributed by atoms with E-state index in [0.29, 0.717) is 46.2 Å². The molecule has 0 aliphatic rings. The first-order chi connectivity index (χ1) is 44.2. The highest BCUT2D eigenvalue weighted by Crippen LogP contribution is 2.48. The largest absolute Gasteiger partial charge is 0.507 e. The lowest BCUT2D eigenvalue weighted by molar-refractivity contribution is 0.445. The number of nitrogens with zero attached hydrogens (tertiary/aromatic N) is 6. The Hall–Kier alpha value is -8.62. The molecule has 0 atom stereocenters. The van der Waals surface area contributed by atoms with Crippen molar-refractivity contribution in [2.45, 2.75) is 209 Å². The van der Waals surface area contributed by atoms with Gasteiger partial charge in [0.2, 0.25) is 0 Å². The van der Waals surface area contributed by atoms with Gasteiger partial charge in [-0.15, -0.1) is 0 Å². The second-order valence-electron chi connectivity index (χ2n) is 34.6. The topological polar surface area (TPSA) is 102 Å². The van der Waals surface area contributed by atoms with Gasteiger partial charge in [-0.2, -0.15) is 0 Å². The molecule has 0 fully saturated rings. The molecule has 8 aromatic carbocycles. The summed E-state index contributed by atoms with van der Waals surface area (Å²) in [6.45, 7) is 53.1. The van der Waals surface area contributed by atoms with E-state index in [0.717, 1.165) is 89.1 Å². The fourth-order valence-corrected chi connectivity index (χ4v) is 12.6. The number of imidazole rings is 2. The summed E-state index contributed by atoms with van der Waals surface area (Å²) in [6, 6.07) is 48.9. The maximum absolute atomic E-state index is 12.7. The molecule has 0 amide bonds. The minimum Gasteiger partial charge on any atom is -0.507 e. The van der Waals surface area contributed by atoms with Gasteiger partial charge in [0.1, 0.15) is 29.5 Å². The number of hydrogen-bond donors (Lipinski definition) is 2. The monoisotopic (exact) mass is 1250 g/mol. The standard InChI is InChI=1S/C86H100N6O2/c1-79(2,3)55-39-56(80(4,5)6)42-61(41-55)91-71-35-27-33-63(73(71)89-77(91)65-45-59(83(13,14)15)47-67(75(65)93)85(19,20)21)51-29-25-31-53(37-51)69-49-70(88-50-87-69)54-32-26-30-52(38-54)64-34-28-36-72-74(64)90-78(66-46-60(84(16,17)18)48-68(76(66)94)86(22,23)24)92(72)62-43-57(81(7,8)9)40-58(44-62)82(10,11)12/h25-50,93-94H,1-24H3/i25D,26D. The Morgan fingerprint density at radius 2 is 0.628 bits per heavy atom. The zero-order chi connectivity index (χ0) is 70.3. The molecule has 11 rings (SSSR count). The summed E-state index contributed by atoms with van der Waals surface area (Å²) in [4.78, 5) is 21.0. The summed E-state index contributed by atoms with van der Waals surface area (Å²) in [5.41, 5.74) is 19.1. The molecule has 3 aromatic heterocycles. The summed E-state index contributed by atoms with van der Waals surface area (Å²) in [7, 11) is 0. The summed E-state index contributed by atoms with van der Waals surface area (Å²) in [5, 5.41) is 25.3. The van der Waals surface area contributed by atoms with Gasteiger partial charge in [0, 0.05) is 44.8 Å². The normalized spacial score (nSPS) is 13.5. The van der Waals surface area contributed by atoms with Gasteiger partial charge in [0.15, 0.2) is 0 Å². The quantitative estimate of drug-likeness (QED) is 0.157. The Morgan fingerprint density at radius 1 is 0.319 bits per heavy atom. The number of benzene rings is 8. The summed E-state index contributed by atoms with van der Waals surface area (Å²) < 4.78 is 23.3. The van der Waals surface area contributed by atoms with E-state index in [2.05, 4.69) is 284 Å². The smallest absolute Gasteiger partial charge is 0.149 e. The molecule has 0 bridgehead atoms. The van der Waals surface area contributed by atoms with Gasteiger partial charge >= 0.3 is 0 Å². The van der Waals surface area contributed by atoms with Crippen LogP contribution in [-0.4, -0.2) is 39.3 Å². The van der Waals surface area contributed by atoms with E-state index in [1.807, 2.05) is 30.3 Å². The zero-order valence-corrected chi connectivity index (χ0v) is 60.4. The highest BCUT2D eigenvalue weighted by molar-refractivity contribution is 5.98. The van der Waals surface area contributed by atoms with E-state index in [-0.39, 0.29) is 54.8 Å². The zero-order valence-electron chi connectivity index (χ0n) is 62.4. The third-order valence-corrected chi connectivity index (χ3v) is 18.7. The molecule has 486 valence electrons. The van der Waals surface area contributed by atoms with Gasteiger partial charge in [-0.1, -0.05) is 251 Å². The summed E-state index contributed by atoms with van der Waals surface area (Å²) in [5.74, 6) is 1.67. The van der Waals surface area contributed by atoms with Crippen molar-refractivity contribution in [1.82, 2.24) is 29.1 Å². The molecule has 0 saturated carbocycles. The first-order valence-corrected chi connectivity index (χ1v) is 33.4. The number of aromatic hydroxyl groups is 2. The molecule has 0 aliphatic heterocycles. The van der Waals surface area contributed by atoms with Crippen LogP contribution < -0.4 is 0 Å². The van der Waals surface area contributed by atoms with Crippen LogP contribution in [0, 0.1) is 0 Å². The molecular weight excluding hydrogens is 1150 g/mol. The van der Waals surface area contributed by atoms with Crippen LogP contribution >= 0.6 is 0 Å². The van der Waals surface area contributed by atoms with Crippen LogP contribution in [0.2, 0.25) is 0 Å². The van der Waals surface area contributed by atoms with Crippen LogP contribution in [0.4, 0.5) is 0 Å². The van der Waals surface area contributed by atoms with Crippen molar-refractivity contribution in [3.05, 3.63) is 202 Å². The Kier molecular flexibility index (Phi) is 15.7. The number of para-hydroxylation sites is 2. The van der Waals surface area contributed by atoms with Crippen molar-refractivity contribution in [3.8, 4) is 90.4 Å². The molecule has 0 spiro atoms. The van der Waals surface area contributed by atoms with Crippen molar-refractivity contribution in [2.75, 3.05) is 0 Å². The Morgan fingerprint density at radius 3 is 0.936 bits per heavy atom. The van der Waals surface area contributed by atoms with Crippen molar-refractivity contribution < 1.29 is 13.0 Å². The number of phenols is 2. The second-order valence-corrected chi connectivity index (χ2v) is 34.6. The molecule has 8 heteroatoms. The minimum atomic E-state index is -0.378. The van der Waals surface area contributed by atoms with Crippen molar-refractivity contribution in [1.29, 1.82) is 0 Å². The van der Waals surface area contributed by atoms with Gasteiger partial charge in [-0.05, 0) is 155 Å². The summed E-state index contributed by atoms with van der Waals surface area (Å²) >= 11 is 0. The molecule has 8 nitrogen and oxygen atoms in total. The number of rotatable bonds is 8. The Labute approximate surface area is 563 Å². The van der Waals surface area contributed by atoms with E-state index in [4.69, 9.17) is 19.9 Å². The van der Waals surface area contributed by atoms with Gasteiger partial charge in [-0.25, -0.2) is 19.9 Å². The third-order valence-electron chi connectivity index (χ3n) is 18.7. The number of aromatic nitrogens is 6. The van der Waals surface area contributed by atoms with Crippen LogP contribution in [0.3, 0.4) is 0 Å². The maximum Gasteiger partial charge on any atom is 0.149 e. The molecule has 0 aliphatic carbocycles. The molecule has 11 aromatic rings. The second kappa shape index (κ2) is 23.1. The highest BCUT2D eigenvalue weighted by atomic mass is 16.3. The van der Waals surface area contributed by atoms with Crippen LogP contribution in [0.5, 0.6) is 11.5 Å². The average molecular weight is 1250 g/mol. The number of phenolic OH excluding ortho intramolecular Hbond substituents is 2. The highest BCUT2D eigenvalue weighted by Gasteiger charge is 2.33. The lowest BCUT2D eigenvalue weighted by atomic mass is 9.78. The molecule has 0 radical (unpaired) electrons. The Balaban J connectivity index is 1.08. The predicted octanol–water partition coefficient (Wildman–Crippen LogP) is 22.9. The number of hydrogen-bond acceptors (Lipinski definition) is 6. The van der Waals surface area contributed by atoms with Crippen molar-refractivity contribution in [3.63, 3.8) is 0 Å². The van der Waals surface area contributed by atoms with Crippen molar-refractivity contribution in [2.24, 2.45) is 0 Å². The van der Waals surface area contributed by atoms with E-state index in [1.165, 1.54) is 22.3 Å². The minimum absolute atomic E-state index is 0.172. The first kappa shape index (κ1) is 64.1.